The van der Waals surface area contributed by atoms with Gasteiger partial charge in [0.25, 0.3) is 0 Å². The van der Waals surface area contributed by atoms with E-state index < -0.39 is 0 Å². The Morgan fingerprint density at radius 3 is 3.12 bits per heavy atom. The van der Waals surface area contributed by atoms with Gasteiger partial charge in [0.05, 0.1) is 6.10 Å². The summed E-state index contributed by atoms with van der Waals surface area (Å²) in [5.74, 6) is -0.220. The van der Waals surface area contributed by atoms with E-state index in [0.717, 1.165) is 31.8 Å². The van der Waals surface area contributed by atoms with Gasteiger partial charge in [-0.15, -0.1) is 0 Å². The van der Waals surface area contributed by atoms with Gasteiger partial charge in [-0.3, -0.25) is 0 Å². The van der Waals surface area contributed by atoms with Crippen LogP contribution in [0.1, 0.15) is 18.9 Å². The fraction of sp³-hybridized carbons (Fsp3) is 0.538. The van der Waals surface area contributed by atoms with Crippen LogP contribution < -0.4 is 10.6 Å². The zero-order valence-electron chi connectivity index (χ0n) is 10.2. The molecule has 1 aromatic rings. The molecule has 1 aromatic carbocycles. The molecule has 0 aliphatic carbocycles. The molecule has 4 heteroatoms. The molecule has 1 aliphatic heterocycles. The Morgan fingerprint density at radius 1 is 1.53 bits per heavy atom. The van der Waals surface area contributed by atoms with Crippen LogP contribution in [0.2, 0.25) is 0 Å². The number of nitrogens with zero attached hydrogens (tertiary/aromatic N) is 1. The SMILES string of the molecule is CC1CN(c2cccc(F)c2CN)CCCO1. The van der Waals surface area contributed by atoms with Crippen molar-refractivity contribution >= 4 is 5.69 Å². The number of halogens is 1. The first kappa shape index (κ1) is 12.3. The van der Waals surface area contributed by atoms with Gasteiger partial charge in [0.2, 0.25) is 0 Å². The Labute approximate surface area is 101 Å². The van der Waals surface area contributed by atoms with Crippen molar-refractivity contribution in [1.29, 1.82) is 0 Å². The smallest absolute Gasteiger partial charge is 0.129 e. The molecule has 0 saturated carbocycles. The van der Waals surface area contributed by atoms with Gasteiger partial charge in [0, 0.05) is 37.5 Å². The summed E-state index contributed by atoms with van der Waals surface area (Å²) in [7, 11) is 0. The Morgan fingerprint density at radius 2 is 2.35 bits per heavy atom. The second kappa shape index (κ2) is 5.47. The van der Waals surface area contributed by atoms with Gasteiger partial charge in [-0.25, -0.2) is 4.39 Å². The second-order valence-electron chi connectivity index (χ2n) is 4.42. The van der Waals surface area contributed by atoms with E-state index >= 15 is 0 Å². The first-order valence-corrected chi connectivity index (χ1v) is 6.06. The monoisotopic (exact) mass is 238 g/mol. The van der Waals surface area contributed by atoms with Crippen molar-refractivity contribution in [3.8, 4) is 0 Å². The Balaban J connectivity index is 2.28. The minimum absolute atomic E-state index is 0.173. The van der Waals surface area contributed by atoms with Crippen molar-refractivity contribution in [3.63, 3.8) is 0 Å². The van der Waals surface area contributed by atoms with E-state index in [1.807, 2.05) is 13.0 Å². The largest absolute Gasteiger partial charge is 0.377 e. The predicted octanol–water partition coefficient (Wildman–Crippen LogP) is 1.90. The molecule has 17 heavy (non-hydrogen) atoms. The maximum Gasteiger partial charge on any atom is 0.129 e. The molecule has 3 nitrogen and oxygen atoms in total. The fourth-order valence-electron chi connectivity index (χ4n) is 2.26. The summed E-state index contributed by atoms with van der Waals surface area (Å²) in [6, 6.07) is 5.13. The fourth-order valence-corrected chi connectivity index (χ4v) is 2.26. The second-order valence-corrected chi connectivity index (χ2v) is 4.42. The van der Waals surface area contributed by atoms with E-state index in [0.29, 0.717) is 5.56 Å². The first-order valence-electron chi connectivity index (χ1n) is 6.06. The lowest BCUT2D eigenvalue weighted by Crippen LogP contribution is -2.31. The highest BCUT2D eigenvalue weighted by atomic mass is 19.1. The first-order chi connectivity index (χ1) is 8.22. The van der Waals surface area contributed by atoms with Gasteiger partial charge in [0.15, 0.2) is 0 Å². The van der Waals surface area contributed by atoms with Crippen LogP contribution >= 0.6 is 0 Å². The molecular formula is C13H19FN2O. The van der Waals surface area contributed by atoms with E-state index in [4.69, 9.17) is 10.5 Å². The zero-order chi connectivity index (χ0) is 12.3. The van der Waals surface area contributed by atoms with Crippen LogP contribution in [0, 0.1) is 5.82 Å². The topological polar surface area (TPSA) is 38.5 Å². The molecule has 1 heterocycles. The summed E-state index contributed by atoms with van der Waals surface area (Å²) >= 11 is 0. The molecule has 94 valence electrons. The van der Waals surface area contributed by atoms with Gasteiger partial charge in [-0.1, -0.05) is 6.07 Å². The molecule has 1 saturated heterocycles. The quantitative estimate of drug-likeness (QED) is 0.855. The molecule has 1 atom stereocenters. The lowest BCUT2D eigenvalue weighted by Gasteiger charge is -2.26. The van der Waals surface area contributed by atoms with Gasteiger partial charge in [0.1, 0.15) is 5.82 Å². The van der Waals surface area contributed by atoms with Crippen molar-refractivity contribution in [2.75, 3.05) is 24.6 Å². The lowest BCUT2D eigenvalue weighted by atomic mass is 10.1. The average molecular weight is 238 g/mol. The number of hydrogen-bond donors (Lipinski definition) is 1. The third kappa shape index (κ3) is 2.76. The maximum atomic E-state index is 13.7. The third-order valence-electron chi connectivity index (χ3n) is 3.09. The molecular weight excluding hydrogens is 219 g/mol. The molecule has 2 rings (SSSR count). The standard InChI is InChI=1S/C13H19FN2O/c1-10-9-16(6-3-7-17-10)13-5-2-4-12(14)11(13)8-15/h2,4-5,10H,3,6-9,15H2,1H3. The van der Waals surface area contributed by atoms with E-state index in [1.165, 1.54) is 6.07 Å². The highest BCUT2D eigenvalue weighted by Crippen LogP contribution is 2.24. The zero-order valence-corrected chi connectivity index (χ0v) is 10.2. The van der Waals surface area contributed by atoms with Gasteiger partial charge in [-0.2, -0.15) is 0 Å². The van der Waals surface area contributed by atoms with Crippen LogP contribution in [-0.4, -0.2) is 25.8 Å². The van der Waals surface area contributed by atoms with E-state index in [1.54, 1.807) is 6.07 Å². The number of anilines is 1. The summed E-state index contributed by atoms with van der Waals surface area (Å²) in [6.07, 6.45) is 1.14. The molecule has 1 unspecified atom stereocenters. The van der Waals surface area contributed by atoms with Crippen LogP contribution in [0.5, 0.6) is 0 Å². The van der Waals surface area contributed by atoms with Crippen molar-refractivity contribution in [1.82, 2.24) is 0 Å². The number of hydrogen-bond acceptors (Lipinski definition) is 3. The van der Waals surface area contributed by atoms with Crippen molar-refractivity contribution in [2.24, 2.45) is 5.73 Å². The molecule has 0 aromatic heterocycles. The van der Waals surface area contributed by atoms with Crippen LogP contribution in [0.4, 0.5) is 10.1 Å². The Kier molecular flexibility index (Phi) is 3.97. The normalized spacial score (nSPS) is 21.4. The van der Waals surface area contributed by atoms with Crippen LogP contribution in [0.15, 0.2) is 18.2 Å². The minimum atomic E-state index is -0.220. The van der Waals surface area contributed by atoms with Gasteiger partial charge < -0.3 is 15.4 Å². The van der Waals surface area contributed by atoms with Crippen molar-refractivity contribution < 1.29 is 9.13 Å². The van der Waals surface area contributed by atoms with Crippen LogP contribution in [0.3, 0.4) is 0 Å². The van der Waals surface area contributed by atoms with E-state index in [9.17, 15) is 4.39 Å². The van der Waals surface area contributed by atoms with Gasteiger partial charge >= 0.3 is 0 Å². The predicted molar refractivity (Wildman–Crippen MR) is 66.5 cm³/mol. The van der Waals surface area contributed by atoms with Crippen molar-refractivity contribution in [2.45, 2.75) is 26.0 Å². The molecule has 2 N–H and O–H groups in total. The molecule has 0 radical (unpaired) electrons. The third-order valence-corrected chi connectivity index (χ3v) is 3.09. The van der Waals surface area contributed by atoms with Crippen molar-refractivity contribution in [3.05, 3.63) is 29.6 Å². The highest BCUT2D eigenvalue weighted by Gasteiger charge is 2.18. The molecule has 0 spiro atoms. The maximum absolute atomic E-state index is 13.7. The number of ether oxygens (including phenoxy) is 1. The highest BCUT2D eigenvalue weighted by molar-refractivity contribution is 5.54. The molecule has 0 amide bonds. The molecule has 1 aliphatic rings. The van der Waals surface area contributed by atoms with Crippen LogP contribution in [-0.2, 0) is 11.3 Å². The summed E-state index contributed by atoms with van der Waals surface area (Å²) in [5, 5.41) is 0. The minimum Gasteiger partial charge on any atom is -0.377 e. The summed E-state index contributed by atoms with van der Waals surface area (Å²) < 4.78 is 19.3. The molecule has 1 fully saturated rings. The van der Waals surface area contributed by atoms with Gasteiger partial charge in [-0.05, 0) is 25.5 Å². The number of rotatable bonds is 2. The summed E-state index contributed by atoms with van der Waals surface area (Å²) in [6.45, 7) is 4.72. The number of benzene rings is 1. The Hall–Kier alpha value is -1.13. The Bertz CT molecular complexity index is 384. The van der Waals surface area contributed by atoms with Crippen LogP contribution in [0.25, 0.3) is 0 Å². The van der Waals surface area contributed by atoms with E-state index in [-0.39, 0.29) is 18.5 Å². The number of nitrogens with two attached hydrogens (primary N) is 1. The lowest BCUT2D eigenvalue weighted by molar-refractivity contribution is 0.0820. The molecule has 0 bridgehead atoms. The summed E-state index contributed by atoms with van der Waals surface area (Å²) in [5.41, 5.74) is 7.14. The summed E-state index contributed by atoms with van der Waals surface area (Å²) in [4.78, 5) is 2.17. The average Bonchev–Trinajstić information content (AvgIpc) is 2.53. The van der Waals surface area contributed by atoms with E-state index in [2.05, 4.69) is 4.90 Å².